The summed E-state index contributed by atoms with van der Waals surface area (Å²) >= 11 is 1.62. The van der Waals surface area contributed by atoms with Crippen molar-refractivity contribution in [2.24, 2.45) is 0 Å². The molecular weight excluding hydrogens is 286 g/mol. The molecular formula is C14H15N5OS. The van der Waals surface area contributed by atoms with Crippen LogP contribution < -0.4 is 5.32 Å². The van der Waals surface area contributed by atoms with Gasteiger partial charge in [-0.2, -0.15) is 15.4 Å². The Kier molecular flexibility index (Phi) is 3.66. The lowest BCUT2D eigenvalue weighted by molar-refractivity contribution is 0.0941. The summed E-state index contributed by atoms with van der Waals surface area (Å²) in [6.07, 6.45) is 2.82. The van der Waals surface area contributed by atoms with Crippen molar-refractivity contribution in [1.82, 2.24) is 25.7 Å². The van der Waals surface area contributed by atoms with Crippen molar-refractivity contribution in [2.45, 2.75) is 26.3 Å². The van der Waals surface area contributed by atoms with Crippen molar-refractivity contribution in [3.8, 4) is 0 Å². The summed E-state index contributed by atoms with van der Waals surface area (Å²) in [4.78, 5) is 18.0. The molecule has 7 heteroatoms. The molecule has 2 N–H and O–H groups in total. The number of nitrogens with zero attached hydrogens (tertiary/aromatic N) is 3. The van der Waals surface area contributed by atoms with Gasteiger partial charge in [0.25, 0.3) is 5.91 Å². The molecule has 0 saturated carbocycles. The molecule has 0 aliphatic rings. The average Bonchev–Trinajstić information content (AvgIpc) is 3.15. The van der Waals surface area contributed by atoms with Gasteiger partial charge < -0.3 is 5.32 Å². The first-order valence-corrected chi connectivity index (χ1v) is 7.55. The van der Waals surface area contributed by atoms with E-state index in [-0.39, 0.29) is 11.9 Å². The average molecular weight is 301 g/mol. The Morgan fingerprint density at radius 1 is 1.43 bits per heavy atom. The van der Waals surface area contributed by atoms with E-state index in [9.17, 15) is 4.79 Å². The van der Waals surface area contributed by atoms with E-state index < -0.39 is 0 Å². The standard InChI is InChI=1S/C14H15N5OS/c1-3-9-7-15-14(21-9)8(2)16-13(20)10-5-4-6-11-12(10)18-19-17-11/h4-8H,3H2,1-2H3,(H,16,20)(H,17,18,19)/t8-/m0/s1. The van der Waals surface area contributed by atoms with Crippen LogP contribution in [0, 0.1) is 0 Å². The van der Waals surface area contributed by atoms with Gasteiger partial charge in [-0.25, -0.2) is 4.98 Å². The van der Waals surface area contributed by atoms with Crippen molar-refractivity contribution in [3.05, 3.63) is 39.8 Å². The van der Waals surface area contributed by atoms with E-state index in [0.29, 0.717) is 16.6 Å². The summed E-state index contributed by atoms with van der Waals surface area (Å²) in [6.45, 7) is 4.02. The lowest BCUT2D eigenvalue weighted by Crippen LogP contribution is -2.26. The van der Waals surface area contributed by atoms with Gasteiger partial charge in [0, 0.05) is 11.1 Å². The second kappa shape index (κ2) is 5.61. The Morgan fingerprint density at radius 2 is 2.29 bits per heavy atom. The molecule has 3 rings (SSSR count). The van der Waals surface area contributed by atoms with E-state index in [0.717, 1.165) is 11.4 Å². The molecule has 0 aliphatic heterocycles. The molecule has 2 aromatic heterocycles. The highest BCUT2D eigenvalue weighted by atomic mass is 32.1. The smallest absolute Gasteiger partial charge is 0.254 e. The van der Waals surface area contributed by atoms with Gasteiger partial charge in [-0.3, -0.25) is 4.79 Å². The van der Waals surface area contributed by atoms with Crippen LogP contribution in [0.5, 0.6) is 0 Å². The minimum Gasteiger partial charge on any atom is -0.343 e. The lowest BCUT2D eigenvalue weighted by Gasteiger charge is -2.11. The summed E-state index contributed by atoms with van der Waals surface area (Å²) in [5, 5.41) is 14.4. The van der Waals surface area contributed by atoms with Crippen LogP contribution in [-0.2, 0) is 6.42 Å². The third kappa shape index (κ3) is 2.64. The Balaban J connectivity index is 1.81. The number of rotatable bonds is 4. The number of hydrogen-bond donors (Lipinski definition) is 2. The molecule has 108 valence electrons. The second-order valence-electron chi connectivity index (χ2n) is 4.71. The minimum atomic E-state index is -0.171. The maximum absolute atomic E-state index is 12.4. The molecule has 0 unspecified atom stereocenters. The zero-order valence-electron chi connectivity index (χ0n) is 11.8. The van der Waals surface area contributed by atoms with Crippen LogP contribution in [0.25, 0.3) is 11.0 Å². The number of amides is 1. The van der Waals surface area contributed by atoms with E-state index in [1.165, 1.54) is 4.88 Å². The quantitative estimate of drug-likeness (QED) is 0.775. The number of hydrogen-bond acceptors (Lipinski definition) is 5. The van der Waals surface area contributed by atoms with Crippen LogP contribution in [0.1, 0.15) is 40.1 Å². The summed E-state index contributed by atoms with van der Waals surface area (Å²) in [6, 6.07) is 5.22. The number of H-pyrrole nitrogens is 1. The number of aryl methyl sites for hydroxylation is 1. The van der Waals surface area contributed by atoms with Crippen molar-refractivity contribution >= 4 is 28.3 Å². The number of aromatic amines is 1. The number of para-hydroxylation sites is 1. The Morgan fingerprint density at radius 3 is 3.05 bits per heavy atom. The molecule has 6 nitrogen and oxygen atoms in total. The Hall–Kier alpha value is -2.28. The number of benzene rings is 1. The fourth-order valence-corrected chi connectivity index (χ4v) is 2.93. The molecule has 1 amide bonds. The fourth-order valence-electron chi connectivity index (χ4n) is 2.07. The number of carbonyl (C=O) groups excluding carboxylic acids is 1. The maximum atomic E-state index is 12.4. The van der Waals surface area contributed by atoms with Gasteiger partial charge in [0.1, 0.15) is 16.0 Å². The number of thiazole rings is 1. The molecule has 3 aromatic rings. The van der Waals surface area contributed by atoms with Crippen molar-refractivity contribution in [3.63, 3.8) is 0 Å². The van der Waals surface area contributed by atoms with Gasteiger partial charge in [0.15, 0.2) is 0 Å². The molecule has 0 radical (unpaired) electrons. The predicted molar refractivity (Wildman–Crippen MR) is 81.3 cm³/mol. The number of fused-ring (bicyclic) bond motifs is 1. The van der Waals surface area contributed by atoms with E-state index in [4.69, 9.17) is 0 Å². The van der Waals surface area contributed by atoms with Crippen molar-refractivity contribution in [2.75, 3.05) is 0 Å². The molecule has 21 heavy (non-hydrogen) atoms. The first kappa shape index (κ1) is 13.7. The van der Waals surface area contributed by atoms with Gasteiger partial charge in [0.05, 0.1) is 11.6 Å². The SMILES string of the molecule is CCc1cnc([C@H](C)NC(=O)c2cccc3n[nH]nc23)s1. The highest BCUT2D eigenvalue weighted by molar-refractivity contribution is 7.11. The molecule has 0 aliphatic carbocycles. The minimum absolute atomic E-state index is 0.134. The van der Waals surface area contributed by atoms with E-state index in [2.05, 4.69) is 32.6 Å². The summed E-state index contributed by atoms with van der Waals surface area (Å²) in [7, 11) is 0. The van der Waals surface area contributed by atoms with Crippen LogP contribution in [-0.4, -0.2) is 26.3 Å². The van der Waals surface area contributed by atoms with Crippen LogP contribution in [0.15, 0.2) is 24.4 Å². The maximum Gasteiger partial charge on any atom is 0.254 e. The summed E-state index contributed by atoms with van der Waals surface area (Å²) < 4.78 is 0. The lowest BCUT2D eigenvalue weighted by atomic mass is 10.1. The molecule has 0 saturated heterocycles. The topological polar surface area (TPSA) is 83.6 Å². The Labute approximate surface area is 125 Å². The largest absolute Gasteiger partial charge is 0.343 e. The van der Waals surface area contributed by atoms with E-state index in [1.54, 1.807) is 23.5 Å². The number of nitrogens with one attached hydrogen (secondary N) is 2. The zero-order chi connectivity index (χ0) is 14.8. The van der Waals surface area contributed by atoms with Crippen molar-refractivity contribution in [1.29, 1.82) is 0 Å². The summed E-state index contributed by atoms with van der Waals surface area (Å²) in [5.41, 5.74) is 1.77. The van der Waals surface area contributed by atoms with E-state index >= 15 is 0 Å². The molecule has 1 atom stereocenters. The van der Waals surface area contributed by atoms with Crippen LogP contribution in [0.3, 0.4) is 0 Å². The third-order valence-electron chi connectivity index (χ3n) is 3.23. The van der Waals surface area contributed by atoms with Crippen LogP contribution in [0.2, 0.25) is 0 Å². The first-order chi connectivity index (χ1) is 10.2. The monoisotopic (exact) mass is 301 g/mol. The molecule has 0 fully saturated rings. The van der Waals surface area contributed by atoms with Gasteiger partial charge in [-0.05, 0) is 25.5 Å². The molecule has 1 aromatic carbocycles. The summed E-state index contributed by atoms with van der Waals surface area (Å²) in [5.74, 6) is -0.171. The number of carbonyl (C=O) groups is 1. The predicted octanol–water partition coefficient (Wildman–Crippen LogP) is 2.47. The first-order valence-electron chi connectivity index (χ1n) is 6.74. The molecule has 0 spiro atoms. The normalized spacial score (nSPS) is 12.5. The molecule has 2 heterocycles. The fraction of sp³-hybridized carbons (Fsp3) is 0.286. The second-order valence-corrected chi connectivity index (χ2v) is 5.86. The highest BCUT2D eigenvalue weighted by Crippen LogP contribution is 2.21. The third-order valence-corrected chi connectivity index (χ3v) is 4.55. The van der Waals surface area contributed by atoms with Gasteiger partial charge in [-0.1, -0.05) is 13.0 Å². The van der Waals surface area contributed by atoms with Crippen LogP contribution in [0.4, 0.5) is 0 Å². The zero-order valence-corrected chi connectivity index (χ0v) is 12.6. The van der Waals surface area contributed by atoms with E-state index in [1.807, 2.05) is 19.2 Å². The molecule has 0 bridgehead atoms. The van der Waals surface area contributed by atoms with Crippen molar-refractivity contribution < 1.29 is 4.79 Å². The van der Waals surface area contributed by atoms with Crippen LogP contribution >= 0.6 is 11.3 Å². The Bertz CT molecular complexity index is 778. The van der Waals surface area contributed by atoms with Gasteiger partial charge >= 0.3 is 0 Å². The van der Waals surface area contributed by atoms with Gasteiger partial charge in [-0.15, -0.1) is 11.3 Å². The van der Waals surface area contributed by atoms with Gasteiger partial charge in [0.2, 0.25) is 0 Å². The number of aromatic nitrogens is 4. The highest BCUT2D eigenvalue weighted by Gasteiger charge is 2.17.